The van der Waals surface area contributed by atoms with Crippen LogP contribution < -0.4 is 0 Å². The Hall–Kier alpha value is -3.26. The molecule has 0 spiro atoms. The molecule has 5 aromatic rings. The second-order valence-corrected chi connectivity index (χ2v) is 7.51. The van der Waals surface area contributed by atoms with Gasteiger partial charge in [-0.2, -0.15) is 0 Å². The summed E-state index contributed by atoms with van der Waals surface area (Å²) < 4.78 is 8.75. The highest BCUT2D eigenvalue weighted by Gasteiger charge is 2.24. The van der Waals surface area contributed by atoms with Crippen LogP contribution >= 0.6 is 0 Å². The zero-order chi connectivity index (χ0) is 18.0. The minimum atomic E-state index is 0.534. The first kappa shape index (κ1) is 14.9. The number of nitrogens with zero attached hydrogens (tertiary/aromatic N) is 1. The number of para-hydroxylation sites is 2. The van der Waals surface area contributed by atoms with E-state index in [-0.39, 0.29) is 0 Å². The van der Waals surface area contributed by atoms with Gasteiger partial charge in [0, 0.05) is 27.5 Å². The second kappa shape index (κ2) is 5.37. The van der Waals surface area contributed by atoms with E-state index in [2.05, 4.69) is 84.3 Å². The summed E-state index contributed by atoms with van der Waals surface area (Å²) in [5.41, 5.74) is 7.06. The number of furan rings is 1. The van der Waals surface area contributed by atoms with Crippen molar-refractivity contribution in [2.45, 2.75) is 13.3 Å². The maximum atomic E-state index is 6.38. The zero-order valence-corrected chi connectivity index (χ0v) is 15.1. The number of aromatic nitrogens is 1. The third-order valence-corrected chi connectivity index (χ3v) is 5.74. The fourth-order valence-electron chi connectivity index (χ4n) is 4.53. The molecule has 2 heteroatoms. The average molecular weight is 349 g/mol. The highest BCUT2D eigenvalue weighted by Crippen LogP contribution is 2.41. The van der Waals surface area contributed by atoms with Gasteiger partial charge in [0.05, 0.1) is 5.52 Å². The molecular formula is C25H19NO. The maximum absolute atomic E-state index is 6.38. The second-order valence-electron chi connectivity index (χ2n) is 7.51. The highest BCUT2D eigenvalue weighted by molar-refractivity contribution is 6.16. The molecule has 2 aromatic heterocycles. The van der Waals surface area contributed by atoms with Gasteiger partial charge in [-0.3, -0.25) is 0 Å². The van der Waals surface area contributed by atoms with Crippen molar-refractivity contribution >= 4 is 38.9 Å². The monoisotopic (exact) mass is 349 g/mol. The molecule has 0 bridgehead atoms. The lowest BCUT2D eigenvalue weighted by Gasteiger charge is -2.15. The molecule has 0 N–H and O–H groups in total. The van der Waals surface area contributed by atoms with E-state index in [0.717, 1.165) is 17.6 Å². The van der Waals surface area contributed by atoms with Crippen LogP contribution in [-0.2, 0) is 6.42 Å². The molecule has 0 saturated heterocycles. The van der Waals surface area contributed by atoms with Crippen LogP contribution in [0.3, 0.4) is 0 Å². The summed E-state index contributed by atoms with van der Waals surface area (Å²) in [6.07, 6.45) is 5.64. The number of hydrogen-bond donors (Lipinski definition) is 0. The Bertz CT molecular complexity index is 1350. The van der Waals surface area contributed by atoms with E-state index in [9.17, 15) is 0 Å². The minimum absolute atomic E-state index is 0.534. The number of hydrogen-bond acceptors (Lipinski definition) is 1. The molecule has 3 aromatic carbocycles. The molecule has 130 valence electrons. The van der Waals surface area contributed by atoms with E-state index in [0.29, 0.717) is 5.92 Å². The highest BCUT2D eigenvalue weighted by atomic mass is 16.3. The van der Waals surface area contributed by atoms with Crippen LogP contribution in [0, 0.1) is 5.92 Å². The van der Waals surface area contributed by atoms with Gasteiger partial charge in [-0.1, -0.05) is 49.4 Å². The third kappa shape index (κ3) is 2.01. The molecule has 2 heterocycles. The van der Waals surface area contributed by atoms with Crippen LogP contribution in [0.5, 0.6) is 0 Å². The summed E-state index contributed by atoms with van der Waals surface area (Å²) in [6, 6.07) is 23.4. The molecule has 1 aliphatic carbocycles. The van der Waals surface area contributed by atoms with E-state index in [4.69, 9.17) is 4.42 Å². The van der Waals surface area contributed by atoms with Crippen LogP contribution in [0.15, 0.2) is 77.2 Å². The lowest BCUT2D eigenvalue weighted by atomic mass is 9.93. The van der Waals surface area contributed by atoms with Crippen molar-refractivity contribution in [1.82, 2.24) is 4.57 Å². The van der Waals surface area contributed by atoms with Gasteiger partial charge in [0.15, 0.2) is 0 Å². The lowest BCUT2D eigenvalue weighted by Crippen LogP contribution is -2.05. The van der Waals surface area contributed by atoms with Gasteiger partial charge in [-0.05, 0) is 54.3 Å². The molecule has 0 amide bonds. The van der Waals surface area contributed by atoms with Crippen molar-refractivity contribution in [3.05, 3.63) is 84.1 Å². The number of allylic oxidation sites excluding steroid dienone is 1. The van der Waals surface area contributed by atoms with Crippen LogP contribution in [0.2, 0.25) is 0 Å². The van der Waals surface area contributed by atoms with E-state index < -0.39 is 0 Å². The van der Waals surface area contributed by atoms with Crippen LogP contribution in [-0.4, -0.2) is 4.57 Å². The van der Waals surface area contributed by atoms with Crippen molar-refractivity contribution in [2.24, 2.45) is 5.92 Å². The van der Waals surface area contributed by atoms with Gasteiger partial charge >= 0.3 is 0 Å². The molecule has 1 atom stereocenters. The molecule has 2 nitrogen and oxygen atoms in total. The predicted molar refractivity (Wildman–Crippen MR) is 112 cm³/mol. The smallest absolute Gasteiger partial charge is 0.145 e. The van der Waals surface area contributed by atoms with E-state index in [1.165, 1.54) is 38.6 Å². The average Bonchev–Trinajstić information content (AvgIpc) is 3.23. The van der Waals surface area contributed by atoms with Crippen molar-refractivity contribution in [2.75, 3.05) is 0 Å². The van der Waals surface area contributed by atoms with Crippen molar-refractivity contribution in [1.29, 1.82) is 0 Å². The van der Waals surface area contributed by atoms with Crippen molar-refractivity contribution in [3.63, 3.8) is 0 Å². The Morgan fingerprint density at radius 3 is 2.59 bits per heavy atom. The summed E-state index contributed by atoms with van der Waals surface area (Å²) in [5.74, 6) is 0.534. The quantitative estimate of drug-likeness (QED) is 0.328. The van der Waals surface area contributed by atoms with Crippen molar-refractivity contribution in [3.8, 4) is 5.69 Å². The third-order valence-electron chi connectivity index (χ3n) is 5.74. The lowest BCUT2D eigenvalue weighted by molar-refractivity contribution is 0.671. The molecule has 0 saturated carbocycles. The SMILES string of the molecule is CC1C=Cc2c(c3c4oc5ccccc5c4ccc3n2-c2ccccc2)C1. The van der Waals surface area contributed by atoms with Crippen molar-refractivity contribution < 1.29 is 4.42 Å². The molecule has 6 rings (SSSR count). The minimum Gasteiger partial charge on any atom is -0.455 e. The fraction of sp³-hybridized carbons (Fsp3) is 0.120. The summed E-state index contributed by atoms with van der Waals surface area (Å²) in [7, 11) is 0. The largest absolute Gasteiger partial charge is 0.455 e. The number of rotatable bonds is 1. The first-order valence-electron chi connectivity index (χ1n) is 9.52. The molecular weight excluding hydrogens is 330 g/mol. The standard InChI is InChI=1S/C25H19NO/c1-16-11-13-21-20(15-16)24-22(26(21)17-7-3-2-4-8-17)14-12-19-18-9-5-6-10-23(18)27-25(19)24/h2-14,16H,15H2,1H3. The molecule has 27 heavy (non-hydrogen) atoms. The van der Waals surface area contributed by atoms with Crippen LogP contribution in [0.25, 0.3) is 44.6 Å². The van der Waals surface area contributed by atoms with E-state index >= 15 is 0 Å². The first-order chi connectivity index (χ1) is 13.3. The van der Waals surface area contributed by atoms with Gasteiger partial charge in [-0.25, -0.2) is 0 Å². The molecule has 1 unspecified atom stereocenters. The van der Waals surface area contributed by atoms with E-state index in [1.54, 1.807) is 0 Å². The Balaban J connectivity index is 1.82. The van der Waals surface area contributed by atoms with Gasteiger partial charge in [0.1, 0.15) is 11.2 Å². The van der Waals surface area contributed by atoms with Gasteiger partial charge < -0.3 is 8.98 Å². The topological polar surface area (TPSA) is 18.1 Å². The van der Waals surface area contributed by atoms with Crippen LogP contribution in [0.4, 0.5) is 0 Å². The summed E-state index contributed by atoms with van der Waals surface area (Å²) in [4.78, 5) is 0. The summed E-state index contributed by atoms with van der Waals surface area (Å²) >= 11 is 0. The molecule has 0 radical (unpaired) electrons. The number of fused-ring (bicyclic) bond motifs is 7. The first-order valence-corrected chi connectivity index (χ1v) is 9.52. The maximum Gasteiger partial charge on any atom is 0.145 e. The Morgan fingerprint density at radius 1 is 0.889 bits per heavy atom. The molecule has 0 aliphatic heterocycles. The Labute approximate surface area is 157 Å². The molecule has 1 aliphatic rings. The summed E-state index contributed by atoms with van der Waals surface area (Å²) in [6.45, 7) is 2.28. The summed E-state index contributed by atoms with van der Waals surface area (Å²) in [5, 5.41) is 3.65. The number of benzene rings is 3. The normalized spacial score (nSPS) is 16.4. The fourth-order valence-corrected chi connectivity index (χ4v) is 4.53. The predicted octanol–water partition coefficient (Wildman–Crippen LogP) is 6.74. The Morgan fingerprint density at radius 2 is 1.70 bits per heavy atom. The van der Waals surface area contributed by atoms with Crippen LogP contribution in [0.1, 0.15) is 18.2 Å². The zero-order valence-electron chi connectivity index (χ0n) is 15.1. The van der Waals surface area contributed by atoms with E-state index in [1.807, 2.05) is 6.07 Å². The van der Waals surface area contributed by atoms with Gasteiger partial charge in [-0.15, -0.1) is 0 Å². The van der Waals surface area contributed by atoms with Gasteiger partial charge in [0.25, 0.3) is 0 Å². The van der Waals surface area contributed by atoms with Gasteiger partial charge in [0.2, 0.25) is 0 Å². The Kier molecular flexibility index (Phi) is 2.96. The molecule has 0 fully saturated rings.